The van der Waals surface area contributed by atoms with Gasteiger partial charge in [-0.3, -0.25) is 14.5 Å². The molecule has 3 fully saturated rings. The number of carbonyl (C=O) groups is 2. The molecule has 158 valence electrons. The largest absolute Gasteiger partial charge is 0.416 e. The molecule has 4 rings (SSSR count). The van der Waals surface area contributed by atoms with Crippen LogP contribution in [0.4, 0.5) is 18.9 Å². The molecule has 1 aliphatic carbocycles. The number of rotatable bonds is 5. The smallest absolute Gasteiger partial charge is 0.381 e. The van der Waals surface area contributed by atoms with Gasteiger partial charge in [0.15, 0.2) is 0 Å². The zero-order chi connectivity index (χ0) is 20.6. The molecule has 2 saturated heterocycles. The van der Waals surface area contributed by atoms with Crippen molar-refractivity contribution in [3.05, 3.63) is 29.8 Å². The van der Waals surface area contributed by atoms with Crippen LogP contribution < -0.4 is 10.6 Å². The van der Waals surface area contributed by atoms with Gasteiger partial charge in [0.1, 0.15) is 0 Å². The Kier molecular flexibility index (Phi) is 5.52. The molecule has 0 aromatic heterocycles. The van der Waals surface area contributed by atoms with Gasteiger partial charge < -0.3 is 15.4 Å². The molecule has 1 saturated carbocycles. The first-order valence-corrected chi connectivity index (χ1v) is 9.89. The number of nitrogens with one attached hydrogen (secondary N) is 2. The van der Waals surface area contributed by atoms with E-state index in [1.807, 2.05) is 0 Å². The molecule has 29 heavy (non-hydrogen) atoms. The number of halogens is 3. The molecule has 9 heteroatoms. The van der Waals surface area contributed by atoms with Gasteiger partial charge in [0.05, 0.1) is 12.1 Å². The summed E-state index contributed by atoms with van der Waals surface area (Å²) in [5.74, 6) is -0.0840. The van der Waals surface area contributed by atoms with Crippen LogP contribution in [0.3, 0.4) is 0 Å². The van der Waals surface area contributed by atoms with Crippen LogP contribution in [0.5, 0.6) is 0 Å². The third-order valence-corrected chi connectivity index (χ3v) is 6.13. The summed E-state index contributed by atoms with van der Waals surface area (Å²) in [5, 5.41) is 5.02. The third kappa shape index (κ3) is 4.56. The van der Waals surface area contributed by atoms with Gasteiger partial charge >= 0.3 is 6.18 Å². The second-order valence-corrected chi connectivity index (χ2v) is 8.00. The van der Waals surface area contributed by atoms with Crippen molar-refractivity contribution in [2.24, 2.45) is 17.8 Å². The zero-order valence-electron chi connectivity index (χ0n) is 15.9. The van der Waals surface area contributed by atoms with Crippen molar-refractivity contribution in [3.8, 4) is 0 Å². The topological polar surface area (TPSA) is 70.7 Å². The van der Waals surface area contributed by atoms with Crippen LogP contribution in [-0.2, 0) is 20.5 Å². The number of anilines is 1. The van der Waals surface area contributed by atoms with Gasteiger partial charge in [-0.25, -0.2) is 0 Å². The lowest BCUT2D eigenvalue weighted by Gasteiger charge is -2.32. The van der Waals surface area contributed by atoms with Crippen molar-refractivity contribution in [2.45, 2.75) is 25.1 Å². The van der Waals surface area contributed by atoms with Crippen LogP contribution in [0.15, 0.2) is 24.3 Å². The number of ether oxygens (including phenoxy) is 1. The summed E-state index contributed by atoms with van der Waals surface area (Å²) in [4.78, 5) is 26.8. The minimum Gasteiger partial charge on any atom is -0.381 e. The van der Waals surface area contributed by atoms with Gasteiger partial charge in [-0.2, -0.15) is 13.2 Å². The minimum atomic E-state index is -4.47. The Balaban J connectivity index is 1.21. The quantitative estimate of drug-likeness (QED) is 0.779. The highest BCUT2D eigenvalue weighted by Gasteiger charge is 2.59. The standard InChI is InChI=1S/C20H24F3N3O3/c21-20(22,23)12-2-1-3-13(8-12)25-17(27)9-24-19(28)18-15-10-26(11-16(15)18)14-4-6-29-7-5-14/h1-3,8,14-16,18H,4-7,9-11H2,(H,24,28)(H,25,27). The number of benzene rings is 1. The highest BCUT2D eigenvalue weighted by atomic mass is 19.4. The molecule has 0 radical (unpaired) electrons. The maximum Gasteiger partial charge on any atom is 0.416 e. The lowest BCUT2D eigenvalue weighted by molar-refractivity contribution is -0.137. The van der Waals surface area contributed by atoms with Gasteiger partial charge in [0, 0.05) is 44.0 Å². The molecule has 2 unspecified atom stereocenters. The van der Waals surface area contributed by atoms with Crippen LogP contribution in [0.2, 0.25) is 0 Å². The molecule has 2 N–H and O–H groups in total. The van der Waals surface area contributed by atoms with E-state index in [0.29, 0.717) is 17.9 Å². The van der Waals surface area contributed by atoms with Crippen LogP contribution in [0, 0.1) is 17.8 Å². The third-order valence-electron chi connectivity index (χ3n) is 6.13. The predicted octanol–water partition coefficient (Wildman–Crippen LogP) is 2.12. The monoisotopic (exact) mass is 411 g/mol. The van der Waals surface area contributed by atoms with E-state index in [1.165, 1.54) is 12.1 Å². The Hall–Kier alpha value is -2.13. The van der Waals surface area contributed by atoms with E-state index in [9.17, 15) is 22.8 Å². The van der Waals surface area contributed by atoms with Crippen molar-refractivity contribution in [2.75, 3.05) is 38.2 Å². The first-order valence-electron chi connectivity index (χ1n) is 9.89. The van der Waals surface area contributed by atoms with Gasteiger partial charge in [-0.05, 0) is 42.9 Å². The Morgan fingerprint density at radius 1 is 1.14 bits per heavy atom. The number of amides is 2. The zero-order valence-corrected chi connectivity index (χ0v) is 15.9. The summed E-state index contributed by atoms with van der Waals surface area (Å²) >= 11 is 0. The van der Waals surface area contributed by atoms with Gasteiger partial charge in [-0.1, -0.05) is 6.07 Å². The highest BCUT2D eigenvalue weighted by molar-refractivity contribution is 5.95. The van der Waals surface area contributed by atoms with E-state index in [1.54, 1.807) is 0 Å². The summed E-state index contributed by atoms with van der Waals surface area (Å²) in [7, 11) is 0. The van der Waals surface area contributed by atoms with Crippen molar-refractivity contribution >= 4 is 17.5 Å². The number of hydrogen-bond donors (Lipinski definition) is 2. The number of fused-ring (bicyclic) bond motifs is 1. The van der Waals surface area contributed by atoms with E-state index < -0.39 is 17.6 Å². The number of likely N-dealkylation sites (tertiary alicyclic amines) is 1. The fraction of sp³-hybridized carbons (Fsp3) is 0.600. The van der Waals surface area contributed by atoms with Gasteiger partial charge in [0.25, 0.3) is 0 Å². The number of nitrogens with zero attached hydrogens (tertiary/aromatic N) is 1. The van der Waals surface area contributed by atoms with Crippen LogP contribution in [-0.4, -0.2) is 55.6 Å². The lowest BCUT2D eigenvalue weighted by atomic mass is 10.1. The molecule has 2 heterocycles. The number of carbonyl (C=O) groups excluding carboxylic acids is 2. The molecule has 1 aromatic carbocycles. The second kappa shape index (κ2) is 7.95. The lowest BCUT2D eigenvalue weighted by Crippen LogP contribution is -2.41. The Morgan fingerprint density at radius 3 is 2.48 bits per heavy atom. The van der Waals surface area contributed by atoms with E-state index in [0.717, 1.165) is 51.3 Å². The summed E-state index contributed by atoms with van der Waals surface area (Å²) in [6.07, 6.45) is -2.41. The predicted molar refractivity (Wildman–Crippen MR) is 99.0 cm³/mol. The maximum atomic E-state index is 12.7. The molecule has 1 aromatic rings. The van der Waals surface area contributed by atoms with E-state index in [2.05, 4.69) is 15.5 Å². The van der Waals surface area contributed by atoms with Crippen molar-refractivity contribution in [3.63, 3.8) is 0 Å². The molecule has 3 aliphatic rings. The average Bonchev–Trinajstić information content (AvgIpc) is 3.20. The Morgan fingerprint density at radius 2 is 1.83 bits per heavy atom. The highest BCUT2D eigenvalue weighted by Crippen LogP contribution is 2.52. The van der Waals surface area contributed by atoms with Crippen molar-refractivity contribution < 1.29 is 27.5 Å². The maximum absolute atomic E-state index is 12.7. The molecule has 0 bridgehead atoms. The number of alkyl halides is 3. The molecule has 2 amide bonds. The first-order chi connectivity index (χ1) is 13.8. The molecular formula is C20H24F3N3O3. The molecule has 6 nitrogen and oxygen atoms in total. The summed E-state index contributed by atoms with van der Waals surface area (Å²) < 4.78 is 43.6. The number of hydrogen-bond acceptors (Lipinski definition) is 4. The van der Waals surface area contributed by atoms with Crippen LogP contribution in [0.1, 0.15) is 18.4 Å². The summed E-state index contributed by atoms with van der Waals surface area (Å²) in [5.41, 5.74) is -0.784. The fourth-order valence-corrected chi connectivity index (χ4v) is 4.56. The van der Waals surface area contributed by atoms with Crippen molar-refractivity contribution in [1.29, 1.82) is 0 Å². The molecule has 0 spiro atoms. The van der Waals surface area contributed by atoms with E-state index in [-0.39, 0.29) is 24.1 Å². The average molecular weight is 411 g/mol. The van der Waals surface area contributed by atoms with Gasteiger partial charge in [-0.15, -0.1) is 0 Å². The minimum absolute atomic E-state index is 0.0504. The number of piperidine rings is 1. The Bertz CT molecular complexity index is 768. The summed E-state index contributed by atoms with van der Waals surface area (Å²) in [6.45, 7) is 3.14. The first kappa shape index (κ1) is 20.2. The fourth-order valence-electron chi connectivity index (χ4n) is 4.56. The van der Waals surface area contributed by atoms with E-state index >= 15 is 0 Å². The van der Waals surface area contributed by atoms with Crippen LogP contribution >= 0.6 is 0 Å². The molecule has 2 aliphatic heterocycles. The Labute approximate surface area is 166 Å². The van der Waals surface area contributed by atoms with Gasteiger partial charge in [0.2, 0.25) is 11.8 Å². The molecular weight excluding hydrogens is 387 g/mol. The van der Waals surface area contributed by atoms with Crippen molar-refractivity contribution in [1.82, 2.24) is 10.2 Å². The molecule has 2 atom stereocenters. The SMILES string of the molecule is O=C(CNC(=O)C1C2CN(C3CCOCC3)CC21)Nc1cccc(C(F)(F)F)c1. The summed E-state index contributed by atoms with van der Waals surface area (Å²) in [6, 6.07) is 4.96. The van der Waals surface area contributed by atoms with Crippen LogP contribution in [0.25, 0.3) is 0 Å². The normalized spacial score (nSPS) is 27.3. The second-order valence-electron chi connectivity index (χ2n) is 8.00. The van der Waals surface area contributed by atoms with E-state index in [4.69, 9.17) is 4.74 Å².